The minimum atomic E-state index is -4.32. The van der Waals surface area contributed by atoms with Gasteiger partial charge in [-0.3, -0.25) is 18.6 Å². The van der Waals surface area contributed by atoms with E-state index in [1.54, 1.807) is 6.92 Å². The molecule has 0 aromatic rings. The van der Waals surface area contributed by atoms with E-state index in [4.69, 9.17) is 19.7 Å². The Morgan fingerprint density at radius 2 is 1.25 bits per heavy atom. The van der Waals surface area contributed by atoms with Crippen LogP contribution < -0.4 is 5.73 Å². The van der Waals surface area contributed by atoms with Gasteiger partial charge in [-0.1, -0.05) is 104 Å². The van der Waals surface area contributed by atoms with Gasteiger partial charge in [0.25, 0.3) is 0 Å². The smallest absolute Gasteiger partial charge is 0.462 e. The Hall–Kier alpha value is -0.990. The maximum absolute atomic E-state index is 12.0. The molecule has 36 heavy (non-hydrogen) atoms. The molecule has 2 atom stereocenters. The lowest BCUT2D eigenvalue weighted by Crippen LogP contribution is -2.29. The molecule has 0 aromatic carbocycles. The topological polar surface area (TPSA) is 134 Å². The van der Waals surface area contributed by atoms with Crippen LogP contribution in [0.5, 0.6) is 0 Å². The number of carbonyl (C=O) groups is 2. The van der Waals surface area contributed by atoms with Gasteiger partial charge in [-0.05, 0) is 6.42 Å². The van der Waals surface area contributed by atoms with Crippen LogP contribution in [0.15, 0.2) is 0 Å². The minimum Gasteiger partial charge on any atom is -0.462 e. The van der Waals surface area contributed by atoms with Gasteiger partial charge in [0.05, 0.1) is 13.2 Å². The third-order valence-electron chi connectivity index (χ3n) is 5.80. The highest BCUT2D eigenvalue weighted by molar-refractivity contribution is 7.47. The zero-order valence-electron chi connectivity index (χ0n) is 22.8. The zero-order chi connectivity index (χ0) is 26.9. The van der Waals surface area contributed by atoms with Gasteiger partial charge in [0, 0.05) is 19.4 Å². The van der Waals surface area contributed by atoms with Crippen molar-refractivity contribution in [1.29, 1.82) is 0 Å². The van der Waals surface area contributed by atoms with Crippen LogP contribution in [0.3, 0.4) is 0 Å². The van der Waals surface area contributed by atoms with Crippen molar-refractivity contribution < 1.29 is 37.6 Å². The maximum atomic E-state index is 12.0. The van der Waals surface area contributed by atoms with E-state index in [0.717, 1.165) is 19.3 Å². The largest absolute Gasteiger partial charge is 0.472 e. The second-order valence-electron chi connectivity index (χ2n) is 9.23. The normalized spacial score (nSPS) is 13.8. The number of rotatable bonds is 26. The molecule has 0 aliphatic rings. The summed E-state index contributed by atoms with van der Waals surface area (Å²) in [5.41, 5.74) is 5.23. The molecule has 0 aliphatic heterocycles. The lowest BCUT2D eigenvalue weighted by Gasteiger charge is -2.19. The summed E-state index contributed by atoms with van der Waals surface area (Å²) in [6, 6.07) is 0. The number of unbranched alkanes of at least 4 members (excludes halogenated alkanes) is 14. The number of phosphoric ester groups is 1. The standard InChI is InChI=1S/C26H52NO8P/c1-3-5-6-7-8-9-10-11-12-13-14-15-16-17-18-19-26(29)32-22-24(35-25(28)4-2)23-34-36(30,31)33-21-20-27/h24H,3-23,27H2,1-2H3,(H,30,31)/t24-/m1/s1. The van der Waals surface area contributed by atoms with E-state index in [1.165, 1.54) is 77.0 Å². The predicted octanol–water partition coefficient (Wildman–Crippen LogP) is 6.21. The molecule has 0 aliphatic carbocycles. The summed E-state index contributed by atoms with van der Waals surface area (Å²) in [6.07, 6.45) is 18.2. The summed E-state index contributed by atoms with van der Waals surface area (Å²) >= 11 is 0. The van der Waals surface area contributed by atoms with E-state index >= 15 is 0 Å². The number of nitrogens with two attached hydrogens (primary N) is 1. The maximum Gasteiger partial charge on any atom is 0.472 e. The van der Waals surface area contributed by atoms with Crippen molar-refractivity contribution >= 4 is 19.8 Å². The average Bonchev–Trinajstić information content (AvgIpc) is 2.86. The lowest BCUT2D eigenvalue weighted by atomic mass is 10.0. The second-order valence-corrected chi connectivity index (χ2v) is 10.7. The molecular weight excluding hydrogens is 485 g/mol. The van der Waals surface area contributed by atoms with Gasteiger partial charge in [-0.2, -0.15) is 0 Å². The van der Waals surface area contributed by atoms with Crippen LogP contribution in [0, 0.1) is 0 Å². The highest BCUT2D eigenvalue weighted by Crippen LogP contribution is 2.43. The Morgan fingerprint density at radius 1 is 0.750 bits per heavy atom. The molecule has 0 saturated heterocycles. The van der Waals surface area contributed by atoms with Gasteiger partial charge < -0.3 is 20.1 Å². The van der Waals surface area contributed by atoms with Crippen LogP contribution in [0.2, 0.25) is 0 Å². The average molecular weight is 538 g/mol. The zero-order valence-corrected chi connectivity index (χ0v) is 23.7. The molecule has 214 valence electrons. The van der Waals surface area contributed by atoms with Crippen LogP contribution >= 0.6 is 7.82 Å². The van der Waals surface area contributed by atoms with Gasteiger partial charge in [0.2, 0.25) is 0 Å². The molecule has 0 heterocycles. The first-order valence-electron chi connectivity index (χ1n) is 14.0. The quantitative estimate of drug-likeness (QED) is 0.0750. The molecule has 0 saturated carbocycles. The van der Waals surface area contributed by atoms with E-state index < -0.39 is 32.5 Å². The van der Waals surface area contributed by atoms with Gasteiger partial charge in [-0.15, -0.1) is 0 Å². The predicted molar refractivity (Wildman–Crippen MR) is 141 cm³/mol. The van der Waals surface area contributed by atoms with E-state index in [-0.39, 0.29) is 32.6 Å². The van der Waals surface area contributed by atoms with Gasteiger partial charge in [-0.25, -0.2) is 4.57 Å². The molecule has 0 bridgehead atoms. The van der Waals surface area contributed by atoms with Crippen LogP contribution in [0.4, 0.5) is 0 Å². The van der Waals surface area contributed by atoms with Crippen LogP contribution in [0.25, 0.3) is 0 Å². The van der Waals surface area contributed by atoms with E-state index in [0.29, 0.717) is 0 Å². The van der Waals surface area contributed by atoms with Gasteiger partial charge in [0.1, 0.15) is 6.61 Å². The van der Waals surface area contributed by atoms with Crippen LogP contribution in [0.1, 0.15) is 123 Å². The van der Waals surface area contributed by atoms with Crippen molar-refractivity contribution in [2.75, 3.05) is 26.4 Å². The summed E-state index contributed by atoms with van der Waals surface area (Å²) in [6.45, 7) is 3.09. The molecule has 9 nitrogen and oxygen atoms in total. The van der Waals surface area contributed by atoms with Gasteiger partial charge >= 0.3 is 19.8 Å². The first-order valence-corrected chi connectivity index (χ1v) is 15.5. The van der Waals surface area contributed by atoms with Crippen molar-refractivity contribution in [3.63, 3.8) is 0 Å². The summed E-state index contributed by atoms with van der Waals surface area (Å²) in [5, 5.41) is 0. The molecule has 0 radical (unpaired) electrons. The molecular formula is C26H52NO8P. The minimum absolute atomic E-state index is 0.0546. The fraction of sp³-hybridized carbons (Fsp3) is 0.923. The summed E-state index contributed by atoms with van der Waals surface area (Å²) < 4.78 is 31.5. The summed E-state index contributed by atoms with van der Waals surface area (Å²) in [5.74, 6) is -0.925. The number of phosphoric acid groups is 1. The number of carbonyl (C=O) groups excluding carboxylic acids is 2. The second kappa shape index (κ2) is 24.4. The Kier molecular flexibility index (Phi) is 23.7. The van der Waals surface area contributed by atoms with E-state index in [9.17, 15) is 19.0 Å². The third kappa shape index (κ3) is 23.4. The van der Waals surface area contributed by atoms with Crippen molar-refractivity contribution in [2.45, 2.75) is 129 Å². The van der Waals surface area contributed by atoms with Crippen molar-refractivity contribution in [3.8, 4) is 0 Å². The lowest BCUT2D eigenvalue weighted by molar-refractivity contribution is -0.161. The van der Waals surface area contributed by atoms with Crippen molar-refractivity contribution in [2.24, 2.45) is 5.73 Å². The Bertz CT molecular complexity index is 590. The molecule has 0 rings (SSSR count). The summed E-state index contributed by atoms with van der Waals surface area (Å²) in [4.78, 5) is 33.2. The molecule has 0 amide bonds. The number of esters is 2. The SMILES string of the molecule is CCCCCCCCCCCCCCCCCC(=O)OC[C@H](COP(=O)(O)OCCN)OC(=O)CC. The first kappa shape index (κ1) is 35.0. The molecule has 0 spiro atoms. The Morgan fingerprint density at radius 3 is 1.72 bits per heavy atom. The number of hydrogen-bond donors (Lipinski definition) is 2. The Balaban J connectivity index is 3.83. The monoisotopic (exact) mass is 537 g/mol. The van der Waals surface area contributed by atoms with E-state index in [1.807, 2.05) is 0 Å². The molecule has 0 fully saturated rings. The highest BCUT2D eigenvalue weighted by Gasteiger charge is 2.25. The highest BCUT2D eigenvalue weighted by atomic mass is 31.2. The number of hydrogen-bond acceptors (Lipinski definition) is 8. The van der Waals surface area contributed by atoms with E-state index in [2.05, 4.69) is 11.4 Å². The van der Waals surface area contributed by atoms with Crippen molar-refractivity contribution in [3.05, 3.63) is 0 Å². The van der Waals surface area contributed by atoms with Crippen LogP contribution in [-0.4, -0.2) is 49.3 Å². The molecule has 1 unspecified atom stereocenters. The molecule has 10 heteroatoms. The molecule has 3 N–H and O–H groups in total. The Labute approximate surface area is 218 Å². The fourth-order valence-corrected chi connectivity index (χ4v) is 4.43. The first-order chi connectivity index (χ1) is 17.3. The number of ether oxygens (including phenoxy) is 2. The fourth-order valence-electron chi connectivity index (χ4n) is 3.67. The third-order valence-corrected chi connectivity index (χ3v) is 6.78. The van der Waals surface area contributed by atoms with Gasteiger partial charge in [0.15, 0.2) is 6.10 Å². The van der Waals surface area contributed by atoms with Crippen molar-refractivity contribution in [1.82, 2.24) is 0 Å². The van der Waals surface area contributed by atoms with Crippen LogP contribution in [-0.2, 0) is 32.7 Å². The molecule has 0 aromatic heterocycles. The summed E-state index contributed by atoms with van der Waals surface area (Å²) in [7, 11) is -4.32.